The molecule has 0 bridgehead atoms. The Kier molecular flexibility index (Phi) is 3.30. The molecule has 5 heteroatoms. The van der Waals surface area contributed by atoms with Crippen LogP contribution in [0.2, 0.25) is 0 Å². The van der Waals surface area contributed by atoms with Gasteiger partial charge < -0.3 is 4.57 Å². The highest BCUT2D eigenvalue weighted by Gasteiger charge is 2.24. The molecule has 0 aromatic carbocycles. The minimum atomic E-state index is -2.75. The van der Waals surface area contributed by atoms with Gasteiger partial charge in [-0.1, -0.05) is 0 Å². The lowest BCUT2D eigenvalue weighted by atomic mass is 10.0. The molecule has 0 unspecified atom stereocenters. The summed E-state index contributed by atoms with van der Waals surface area (Å²) in [5.74, 6) is 2.21. The van der Waals surface area contributed by atoms with Gasteiger partial charge in [-0.15, -0.1) is 0 Å². The fourth-order valence-electron chi connectivity index (χ4n) is 2.47. The van der Waals surface area contributed by atoms with Crippen LogP contribution in [0, 0.1) is 26.7 Å². The molecular weight excluding hydrogens is 236 g/mol. The van der Waals surface area contributed by atoms with Crippen LogP contribution in [0.4, 0.5) is 0 Å². The Hall–Kier alpha value is -0.840. The molecule has 1 saturated heterocycles. The second-order valence-corrected chi connectivity index (χ2v) is 7.34. The fraction of sp³-hybridized carbons (Fsp3) is 0.750. The molecule has 0 N–H and O–H groups in total. The van der Waals surface area contributed by atoms with E-state index >= 15 is 0 Å². The van der Waals surface area contributed by atoms with Crippen molar-refractivity contribution in [3.05, 3.63) is 17.2 Å². The molecule has 1 aliphatic heterocycles. The fourth-order valence-corrected chi connectivity index (χ4v) is 4.06. The van der Waals surface area contributed by atoms with Gasteiger partial charge in [-0.3, -0.25) is 0 Å². The number of aromatic nitrogens is 2. The molecule has 0 atom stereocenters. The smallest absolute Gasteiger partial charge is 0.150 e. The zero-order valence-corrected chi connectivity index (χ0v) is 11.5. The Bertz CT molecular complexity index is 503. The molecule has 1 aliphatic rings. The van der Waals surface area contributed by atoms with E-state index in [2.05, 4.69) is 16.5 Å². The first-order chi connectivity index (χ1) is 7.89. The van der Waals surface area contributed by atoms with E-state index in [0.717, 1.165) is 30.9 Å². The van der Waals surface area contributed by atoms with Gasteiger partial charge in [0.1, 0.15) is 15.7 Å². The van der Waals surface area contributed by atoms with Crippen LogP contribution in [0.3, 0.4) is 0 Å². The van der Waals surface area contributed by atoms with E-state index in [1.54, 1.807) is 0 Å². The van der Waals surface area contributed by atoms with Crippen LogP contribution < -0.4 is 0 Å². The third kappa shape index (κ3) is 2.70. The molecule has 0 spiro atoms. The van der Waals surface area contributed by atoms with Gasteiger partial charge in [0.05, 0.1) is 17.2 Å². The normalized spacial score (nSPS) is 20.6. The maximum absolute atomic E-state index is 11.4. The van der Waals surface area contributed by atoms with Gasteiger partial charge in [0, 0.05) is 12.2 Å². The first kappa shape index (κ1) is 12.6. The molecule has 17 heavy (non-hydrogen) atoms. The lowest BCUT2D eigenvalue weighted by Gasteiger charge is -2.23. The number of hydrogen-bond donors (Lipinski definition) is 0. The van der Waals surface area contributed by atoms with Crippen LogP contribution in [0.25, 0.3) is 0 Å². The molecule has 2 heterocycles. The third-order valence-corrected chi connectivity index (χ3v) is 5.48. The lowest BCUT2D eigenvalue weighted by Crippen LogP contribution is -2.26. The minimum Gasteiger partial charge on any atom is -0.332 e. The summed E-state index contributed by atoms with van der Waals surface area (Å²) in [6, 6.07) is 0. The topological polar surface area (TPSA) is 52.0 Å². The molecular formula is C12H20N2O2S. The Morgan fingerprint density at radius 2 is 1.82 bits per heavy atom. The van der Waals surface area contributed by atoms with E-state index in [0.29, 0.717) is 17.4 Å². The van der Waals surface area contributed by atoms with Crippen LogP contribution in [-0.4, -0.2) is 29.5 Å². The van der Waals surface area contributed by atoms with Gasteiger partial charge >= 0.3 is 0 Å². The Morgan fingerprint density at radius 3 is 2.29 bits per heavy atom. The SMILES string of the molecule is Cc1nc(C)n(CC2CCS(=O)(=O)CC2)c1C. The van der Waals surface area contributed by atoms with Gasteiger partial charge in [0.25, 0.3) is 0 Å². The average Bonchev–Trinajstić information content (AvgIpc) is 2.48. The highest BCUT2D eigenvalue weighted by Crippen LogP contribution is 2.22. The first-order valence-electron chi connectivity index (χ1n) is 6.10. The molecule has 0 radical (unpaired) electrons. The van der Waals surface area contributed by atoms with Crippen LogP contribution >= 0.6 is 0 Å². The largest absolute Gasteiger partial charge is 0.332 e. The van der Waals surface area contributed by atoms with Crippen molar-refractivity contribution < 1.29 is 8.42 Å². The summed E-state index contributed by atoms with van der Waals surface area (Å²) >= 11 is 0. The van der Waals surface area contributed by atoms with Crippen molar-refractivity contribution in [2.75, 3.05) is 11.5 Å². The predicted molar refractivity (Wildman–Crippen MR) is 67.8 cm³/mol. The zero-order chi connectivity index (χ0) is 12.6. The summed E-state index contributed by atoms with van der Waals surface area (Å²) in [5.41, 5.74) is 2.28. The van der Waals surface area contributed by atoms with E-state index in [-0.39, 0.29) is 0 Å². The predicted octanol–water partition coefficient (Wildman–Crippen LogP) is 1.63. The van der Waals surface area contributed by atoms with Gasteiger partial charge in [-0.2, -0.15) is 0 Å². The number of sulfone groups is 1. The number of rotatable bonds is 2. The average molecular weight is 256 g/mol. The van der Waals surface area contributed by atoms with Crippen molar-refractivity contribution in [3.8, 4) is 0 Å². The Labute approximate surface area is 103 Å². The monoisotopic (exact) mass is 256 g/mol. The van der Waals surface area contributed by atoms with E-state index in [1.807, 2.05) is 13.8 Å². The van der Waals surface area contributed by atoms with Crippen LogP contribution in [0.5, 0.6) is 0 Å². The van der Waals surface area contributed by atoms with Crippen LogP contribution in [0.1, 0.15) is 30.1 Å². The van der Waals surface area contributed by atoms with Crippen molar-refractivity contribution in [1.82, 2.24) is 9.55 Å². The summed E-state index contributed by atoms with van der Waals surface area (Å²) < 4.78 is 25.0. The van der Waals surface area contributed by atoms with Crippen molar-refractivity contribution in [2.45, 2.75) is 40.2 Å². The second-order valence-electron chi connectivity index (χ2n) is 5.04. The van der Waals surface area contributed by atoms with E-state index in [1.165, 1.54) is 5.69 Å². The Balaban J connectivity index is 2.07. The Morgan fingerprint density at radius 1 is 1.24 bits per heavy atom. The number of hydrogen-bond acceptors (Lipinski definition) is 3. The standard InChI is InChI=1S/C12H20N2O2S/c1-9-10(2)14(11(3)13-9)8-12-4-6-17(15,16)7-5-12/h12H,4-8H2,1-3H3. The van der Waals surface area contributed by atoms with Crippen LogP contribution in [-0.2, 0) is 16.4 Å². The van der Waals surface area contributed by atoms with Crippen molar-refractivity contribution in [1.29, 1.82) is 0 Å². The van der Waals surface area contributed by atoms with E-state index in [4.69, 9.17) is 0 Å². The summed E-state index contributed by atoms with van der Waals surface area (Å²) in [4.78, 5) is 4.45. The maximum Gasteiger partial charge on any atom is 0.150 e. The highest BCUT2D eigenvalue weighted by atomic mass is 32.2. The molecule has 1 fully saturated rings. The van der Waals surface area contributed by atoms with Gasteiger partial charge in [-0.05, 0) is 39.5 Å². The van der Waals surface area contributed by atoms with Crippen molar-refractivity contribution in [2.24, 2.45) is 5.92 Å². The molecule has 4 nitrogen and oxygen atoms in total. The molecule has 0 aliphatic carbocycles. The van der Waals surface area contributed by atoms with E-state index in [9.17, 15) is 8.42 Å². The molecule has 0 amide bonds. The highest BCUT2D eigenvalue weighted by molar-refractivity contribution is 7.91. The second kappa shape index (κ2) is 4.44. The zero-order valence-electron chi connectivity index (χ0n) is 10.7. The number of imidazole rings is 1. The summed E-state index contributed by atoms with van der Waals surface area (Å²) in [6.45, 7) is 7.02. The molecule has 96 valence electrons. The molecule has 2 rings (SSSR count). The molecule has 1 aromatic heterocycles. The van der Waals surface area contributed by atoms with Crippen LogP contribution in [0.15, 0.2) is 0 Å². The summed E-state index contributed by atoms with van der Waals surface area (Å²) in [6.07, 6.45) is 1.58. The maximum atomic E-state index is 11.4. The molecule has 0 saturated carbocycles. The van der Waals surface area contributed by atoms with Crippen molar-refractivity contribution >= 4 is 9.84 Å². The van der Waals surface area contributed by atoms with E-state index < -0.39 is 9.84 Å². The quantitative estimate of drug-likeness (QED) is 0.808. The van der Waals surface area contributed by atoms with Gasteiger partial charge in [-0.25, -0.2) is 13.4 Å². The number of nitrogens with zero attached hydrogens (tertiary/aromatic N) is 2. The third-order valence-electron chi connectivity index (χ3n) is 3.76. The van der Waals surface area contributed by atoms with Crippen molar-refractivity contribution in [3.63, 3.8) is 0 Å². The lowest BCUT2D eigenvalue weighted by molar-refractivity contribution is 0.396. The summed E-state index contributed by atoms with van der Waals surface area (Å²) in [5, 5.41) is 0. The first-order valence-corrected chi connectivity index (χ1v) is 7.92. The molecule has 1 aromatic rings. The van der Waals surface area contributed by atoms with Gasteiger partial charge in [0.2, 0.25) is 0 Å². The summed E-state index contributed by atoms with van der Waals surface area (Å²) in [7, 11) is -2.75. The number of aryl methyl sites for hydroxylation is 2. The van der Waals surface area contributed by atoms with Gasteiger partial charge in [0.15, 0.2) is 0 Å². The minimum absolute atomic E-state index is 0.351.